The minimum Gasteiger partial charge on any atom is -0.335 e. The topological polar surface area (TPSA) is 7.12 Å². The molecule has 2 nitrogen and oxygen atoms in total. The fourth-order valence-electron chi connectivity index (χ4n) is 5.11. The summed E-state index contributed by atoms with van der Waals surface area (Å²) in [4.78, 5) is 3.88. The minimum atomic E-state index is 0. The quantitative estimate of drug-likeness (QED) is 0.202. The van der Waals surface area contributed by atoms with E-state index in [9.17, 15) is 0 Å². The Bertz CT molecular complexity index is 1370. The Kier molecular flexibility index (Phi) is 6.87. The van der Waals surface area contributed by atoms with E-state index in [0.717, 1.165) is 31.1 Å². The van der Waals surface area contributed by atoms with Crippen LogP contribution < -0.4 is 9.47 Å². The van der Waals surface area contributed by atoms with Crippen molar-refractivity contribution in [1.29, 1.82) is 0 Å². The van der Waals surface area contributed by atoms with Gasteiger partial charge in [-0.15, -0.1) is 12.4 Å². The summed E-state index contributed by atoms with van der Waals surface area (Å²) in [6.45, 7) is 1.99. The lowest BCUT2D eigenvalue weighted by molar-refractivity contribution is -0.669. The first kappa shape index (κ1) is 23.3. The van der Waals surface area contributed by atoms with Crippen LogP contribution in [-0.2, 0) is 19.4 Å². The van der Waals surface area contributed by atoms with Crippen LogP contribution in [0.4, 0.5) is 5.69 Å². The predicted octanol–water partition coefficient (Wildman–Crippen LogP) is 7.69. The molecule has 0 amide bonds. The SMILES string of the molecule is Cl.Clc1cc(/C=C2/Sc3cccc4c3N2CCC4)c2ccccc2[n+]1CCCc1ccccc1. The Hall–Kier alpha value is -2.46. The van der Waals surface area contributed by atoms with Gasteiger partial charge in [0.2, 0.25) is 5.52 Å². The highest BCUT2D eigenvalue weighted by molar-refractivity contribution is 8.03. The summed E-state index contributed by atoms with van der Waals surface area (Å²) in [7, 11) is 0. The van der Waals surface area contributed by atoms with E-state index in [1.165, 1.54) is 56.0 Å². The van der Waals surface area contributed by atoms with Crippen LogP contribution in [0.5, 0.6) is 0 Å². The summed E-state index contributed by atoms with van der Waals surface area (Å²) in [5.41, 5.74) is 6.66. The largest absolute Gasteiger partial charge is 0.335 e. The molecule has 3 aromatic carbocycles. The summed E-state index contributed by atoms with van der Waals surface area (Å²) in [6, 6.07) is 28.2. The fraction of sp³-hybridized carbons (Fsp3) is 0.207. The van der Waals surface area contributed by atoms with Crippen LogP contribution in [0.15, 0.2) is 88.8 Å². The lowest BCUT2D eigenvalue weighted by Gasteiger charge is -2.27. The fourth-order valence-corrected chi connectivity index (χ4v) is 6.59. The first-order valence-electron chi connectivity index (χ1n) is 11.7. The van der Waals surface area contributed by atoms with Gasteiger partial charge >= 0.3 is 0 Å². The smallest absolute Gasteiger partial charge is 0.276 e. The maximum absolute atomic E-state index is 6.88. The molecule has 0 unspecified atom stereocenters. The Balaban J connectivity index is 0.00000241. The van der Waals surface area contributed by atoms with Gasteiger partial charge in [0.1, 0.15) is 0 Å². The second-order valence-corrected chi connectivity index (χ2v) is 10.2. The van der Waals surface area contributed by atoms with E-state index in [2.05, 4.69) is 94.4 Å². The molecule has 0 saturated carbocycles. The van der Waals surface area contributed by atoms with E-state index in [1.54, 1.807) is 0 Å². The summed E-state index contributed by atoms with van der Waals surface area (Å²) in [5.74, 6) is 0. The number of hydrogen-bond acceptors (Lipinski definition) is 2. The maximum Gasteiger partial charge on any atom is 0.276 e. The lowest BCUT2D eigenvalue weighted by Crippen LogP contribution is -2.36. The second-order valence-electron chi connectivity index (χ2n) is 8.78. The average Bonchev–Trinajstić information content (AvgIpc) is 3.21. The van der Waals surface area contributed by atoms with Gasteiger partial charge in [0.25, 0.3) is 5.15 Å². The van der Waals surface area contributed by atoms with E-state index in [0.29, 0.717) is 0 Å². The van der Waals surface area contributed by atoms with Crippen LogP contribution in [0.25, 0.3) is 17.0 Å². The number of hydrogen-bond donors (Lipinski definition) is 0. The number of para-hydroxylation sites is 2. The summed E-state index contributed by atoms with van der Waals surface area (Å²) in [6.07, 6.45) is 6.82. The summed E-state index contributed by atoms with van der Waals surface area (Å²) < 4.78 is 2.26. The zero-order valence-corrected chi connectivity index (χ0v) is 21.3. The number of pyridine rings is 1. The standard InChI is InChI=1S/C29H26ClN2S.ClH/c30-27-19-23(20-28-32-18-8-13-22-12-6-16-26(33-28)29(22)32)24-14-4-5-15-25(24)31(27)17-7-11-21-9-2-1-3-10-21;/h1-6,9-10,12,14-16,19-20H,7-8,11,13,17-18H2;1H/q+1;. The average molecular weight is 507 g/mol. The summed E-state index contributed by atoms with van der Waals surface area (Å²) in [5, 5.41) is 3.36. The molecule has 172 valence electrons. The maximum atomic E-state index is 6.88. The van der Waals surface area contributed by atoms with Crippen LogP contribution >= 0.6 is 35.8 Å². The summed E-state index contributed by atoms with van der Waals surface area (Å²) >= 11 is 8.77. The van der Waals surface area contributed by atoms with E-state index in [-0.39, 0.29) is 12.4 Å². The van der Waals surface area contributed by atoms with Crippen LogP contribution in [-0.4, -0.2) is 6.54 Å². The van der Waals surface area contributed by atoms with Gasteiger partial charge in [-0.3, -0.25) is 0 Å². The van der Waals surface area contributed by atoms with Crippen LogP contribution in [0.1, 0.15) is 29.5 Å². The van der Waals surface area contributed by atoms with Gasteiger partial charge in [0, 0.05) is 30.0 Å². The molecular weight excluding hydrogens is 479 g/mol. The number of fused-ring (bicyclic) bond motifs is 1. The van der Waals surface area contributed by atoms with Gasteiger partial charge in [0.05, 0.1) is 16.1 Å². The number of anilines is 1. The number of nitrogens with zero attached hydrogens (tertiary/aromatic N) is 2. The zero-order chi connectivity index (χ0) is 22.2. The van der Waals surface area contributed by atoms with E-state index in [1.807, 2.05) is 11.8 Å². The Morgan fingerprint density at radius 1 is 0.971 bits per heavy atom. The van der Waals surface area contributed by atoms with Crippen LogP contribution in [0.3, 0.4) is 0 Å². The Morgan fingerprint density at radius 2 is 1.79 bits per heavy atom. The number of aryl methyl sites for hydroxylation is 3. The van der Waals surface area contributed by atoms with Crippen molar-refractivity contribution in [3.63, 3.8) is 0 Å². The number of rotatable bonds is 5. The normalized spacial score (nSPS) is 15.4. The molecule has 0 saturated heterocycles. The van der Waals surface area contributed by atoms with Gasteiger partial charge in [-0.2, -0.15) is 4.57 Å². The third-order valence-corrected chi connectivity index (χ3v) is 8.08. The van der Waals surface area contributed by atoms with E-state index >= 15 is 0 Å². The van der Waals surface area contributed by atoms with Gasteiger partial charge in [-0.25, -0.2) is 0 Å². The minimum absolute atomic E-state index is 0. The van der Waals surface area contributed by atoms with Crippen molar-refractivity contribution < 1.29 is 4.57 Å². The van der Waals surface area contributed by atoms with Crippen molar-refractivity contribution in [3.05, 3.63) is 106 Å². The Labute approximate surface area is 216 Å². The van der Waals surface area contributed by atoms with Gasteiger partial charge in [0.15, 0.2) is 6.54 Å². The molecule has 0 aliphatic carbocycles. The molecular formula is C29H27Cl2N2S+. The molecule has 5 heteroatoms. The molecule has 0 atom stereocenters. The van der Waals surface area contributed by atoms with E-state index < -0.39 is 0 Å². The van der Waals surface area contributed by atoms with Crippen molar-refractivity contribution in [2.75, 3.05) is 11.4 Å². The molecule has 6 rings (SSSR count). The van der Waals surface area contributed by atoms with E-state index in [4.69, 9.17) is 11.6 Å². The van der Waals surface area contributed by atoms with Crippen LogP contribution in [0, 0.1) is 0 Å². The van der Waals surface area contributed by atoms with Crippen molar-refractivity contribution >= 4 is 58.4 Å². The predicted molar refractivity (Wildman–Crippen MR) is 147 cm³/mol. The van der Waals surface area contributed by atoms with Crippen molar-refractivity contribution in [2.24, 2.45) is 0 Å². The molecule has 2 aliphatic heterocycles. The van der Waals surface area contributed by atoms with Gasteiger partial charge in [-0.05, 0) is 65.8 Å². The number of thioether (sulfide) groups is 1. The first-order valence-corrected chi connectivity index (χ1v) is 12.9. The van der Waals surface area contributed by atoms with Gasteiger partial charge in [-0.1, -0.05) is 66.4 Å². The van der Waals surface area contributed by atoms with Gasteiger partial charge < -0.3 is 4.90 Å². The molecule has 4 aromatic rings. The number of aromatic nitrogens is 1. The highest BCUT2D eigenvalue weighted by Gasteiger charge is 2.30. The molecule has 0 radical (unpaired) electrons. The number of benzene rings is 3. The van der Waals surface area contributed by atoms with Crippen LogP contribution in [0.2, 0.25) is 5.15 Å². The van der Waals surface area contributed by atoms with Crippen molar-refractivity contribution in [3.8, 4) is 0 Å². The Morgan fingerprint density at radius 3 is 2.68 bits per heavy atom. The third-order valence-electron chi connectivity index (χ3n) is 6.67. The molecule has 0 bridgehead atoms. The first-order chi connectivity index (χ1) is 16.3. The monoisotopic (exact) mass is 505 g/mol. The molecule has 0 spiro atoms. The van der Waals surface area contributed by atoms with Crippen molar-refractivity contribution in [1.82, 2.24) is 0 Å². The third kappa shape index (κ3) is 4.33. The molecule has 0 N–H and O–H groups in total. The second kappa shape index (κ2) is 10.0. The highest BCUT2D eigenvalue weighted by atomic mass is 35.5. The highest BCUT2D eigenvalue weighted by Crippen LogP contribution is 2.50. The molecule has 2 aliphatic rings. The lowest BCUT2D eigenvalue weighted by atomic mass is 10.0. The van der Waals surface area contributed by atoms with Crippen molar-refractivity contribution in [2.45, 2.75) is 37.1 Å². The molecule has 1 aromatic heterocycles. The molecule has 34 heavy (non-hydrogen) atoms. The molecule has 0 fully saturated rings. The zero-order valence-electron chi connectivity index (χ0n) is 18.9. The number of halogens is 2. The molecule has 3 heterocycles.